The maximum absolute atomic E-state index is 12.9. The van der Waals surface area contributed by atoms with Crippen molar-refractivity contribution in [3.63, 3.8) is 0 Å². The molecule has 2 aliphatic heterocycles. The Hall–Kier alpha value is -1.14. The Morgan fingerprint density at radius 2 is 1.80 bits per heavy atom. The molecular weight excluding hydrogens is 258 g/mol. The van der Waals surface area contributed by atoms with Crippen LogP contribution < -0.4 is 5.32 Å². The molecule has 0 radical (unpaired) electrons. The third-order valence-corrected chi connectivity index (χ3v) is 4.78. The van der Waals surface area contributed by atoms with Crippen LogP contribution in [-0.2, 0) is 9.59 Å². The standard InChI is InChI=1S/C14H25N3O3/c1-13(2,16-9-6-15-7-10-16)11(18)17-8-4-5-14(17,3)12(19)20/h15H,4-10H2,1-3H3,(H,19,20). The molecule has 1 atom stereocenters. The monoisotopic (exact) mass is 283 g/mol. The Morgan fingerprint density at radius 1 is 1.20 bits per heavy atom. The van der Waals surface area contributed by atoms with E-state index in [-0.39, 0.29) is 5.91 Å². The maximum atomic E-state index is 12.9. The largest absolute Gasteiger partial charge is 0.480 e. The van der Waals surface area contributed by atoms with Crippen molar-refractivity contribution in [2.75, 3.05) is 32.7 Å². The fourth-order valence-corrected chi connectivity index (χ4v) is 3.20. The van der Waals surface area contributed by atoms with Gasteiger partial charge >= 0.3 is 5.97 Å². The summed E-state index contributed by atoms with van der Waals surface area (Å²) in [4.78, 5) is 28.1. The van der Waals surface area contributed by atoms with Crippen LogP contribution in [0.3, 0.4) is 0 Å². The smallest absolute Gasteiger partial charge is 0.329 e. The number of carboxylic acids is 1. The first-order valence-corrected chi connectivity index (χ1v) is 7.31. The Kier molecular flexibility index (Phi) is 4.07. The van der Waals surface area contributed by atoms with Gasteiger partial charge in [-0.3, -0.25) is 9.69 Å². The number of likely N-dealkylation sites (tertiary alicyclic amines) is 1. The van der Waals surface area contributed by atoms with Crippen molar-refractivity contribution in [1.82, 2.24) is 15.1 Å². The molecule has 0 saturated carbocycles. The van der Waals surface area contributed by atoms with E-state index in [9.17, 15) is 14.7 Å². The molecule has 0 aliphatic carbocycles. The highest BCUT2D eigenvalue weighted by atomic mass is 16.4. The van der Waals surface area contributed by atoms with Gasteiger partial charge in [0.15, 0.2) is 0 Å². The van der Waals surface area contributed by atoms with Gasteiger partial charge in [0, 0.05) is 32.7 Å². The van der Waals surface area contributed by atoms with E-state index in [2.05, 4.69) is 10.2 Å². The van der Waals surface area contributed by atoms with E-state index in [1.54, 1.807) is 11.8 Å². The second-order valence-corrected chi connectivity index (χ2v) is 6.44. The van der Waals surface area contributed by atoms with Crippen LogP contribution in [-0.4, -0.2) is 70.6 Å². The van der Waals surface area contributed by atoms with Crippen molar-refractivity contribution in [2.45, 2.75) is 44.7 Å². The third kappa shape index (κ3) is 2.42. The number of nitrogens with zero attached hydrogens (tertiary/aromatic N) is 2. The average molecular weight is 283 g/mol. The van der Waals surface area contributed by atoms with E-state index in [0.717, 1.165) is 32.6 Å². The van der Waals surface area contributed by atoms with Crippen LogP contribution in [0.1, 0.15) is 33.6 Å². The molecule has 2 N–H and O–H groups in total. The number of amides is 1. The number of piperazine rings is 1. The molecule has 2 heterocycles. The molecule has 20 heavy (non-hydrogen) atoms. The quantitative estimate of drug-likeness (QED) is 0.770. The van der Waals surface area contributed by atoms with Crippen molar-refractivity contribution in [2.24, 2.45) is 0 Å². The van der Waals surface area contributed by atoms with Crippen molar-refractivity contribution in [3.05, 3.63) is 0 Å². The zero-order valence-electron chi connectivity index (χ0n) is 12.6. The van der Waals surface area contributed by atoms with Crippen molar-refractivity contribution in [1.29, 1.82) is 0 Å². The van der Waals surface area contributed by atoms with Crippen LogP contribution in [0.25, 0.3) is 0 Å². The normalized spacial score (nSPS) is 28.6. The first kappa shape index (κ1) is 15.3. The van der Waals surface area contributed by atoms with Crippen molar-refractivity contribution >= 4 is 11.9 Å². The summed E-state index contributed by atoms with van der Waals surface area (Å²) in [5.41, 5.74) is -1.70. The SMILES string of the molecule is CC(C)(C(=O)N1CCCC1(C)C(=O)O)N1CCNCC1. The highest BCUT2D eigenvalue weighted by Gasteiger charge is 2.50. The van der Waals surface area contributed by atoms with E-state index in [1.807, 2.05) is 13.8 Å². The summed E-state index contributed by atoms with van der Waals surface area (Å²) in [6, 6.07) is 0. The van der Waals surface area contributed by atoms with E-state index in [1.165, 1.54) is 0 Å². The summed E-state index contributed by atoms with van der Waals surface area (Å²) in [5, 5.41) is 12.7. The van der Waals surface area contributed by atoms with E-state index in [0.29, 0.717) is 13.0 Å². The summed E-state index contributed by atoms with van der Waals surface area (Å²) in [6.07, 6.45) is 1.29. The molecule has 6 nitrogen and oxygen atoms in total. The highest BCUT2D eigenvalue weighted by Crippen LogP contribution is 2.32. The number of rotatable bonds is 3. The number of carbonyl (C=O) groups is 2. The average Bonchev–Trinajstić information content (AvgIpc) is 2.82. The predicted molar refractivity (Wildman–Crippen MR) is 75.5 cm³/mol. The summed E-state index contributed by atoms with van der Waals surface area (Å²) < 4.78 is 0. The molecule has 2 aliphatic rings. The molecule has 0 aromatic heterocycles. The Bertz CT molecular complexity index is 404. The Morgan fingerprint density at radius 3 is 2.35 bits per heavy atom. The summed E-state index contributed by atoms with van der Waals surface area (Å²) in [6.45, 7) is 9.38. The van der Waals surface area contributed by atoms with Gasteiger partial charge in [-0.05, 0) is 33.6 Å². The number of hydrogen-bond donors (Lipinski definition) is 2. The molecule has 2 saturated heterocycles. The lowest BCUT2D eigenvalue weighted by atomic mass is 9.94. The number of carbonyl (C=O) groups excluding carboxylic acids is 1. The third-order valence-electron chi connectivity index (χ3n) is 4.78. The van der Waals surface area contributed by atoms with E-state index < -0.39 is 17.0 Å². The van der Waals surface area contributed by atoms with Gasteiger partial charge in [0.1, 0.15) is 5.54 Å². The van der Waals surface area contributed by atoms with Crippen LogP contribution in [0, 0.1) is 0 Å². The lowest BCUT2D eigenvalue weighted by Crippen LogP contribution is -2.64. The molecular formula is C14H25N3O3. The van der Waals surface area contributed by atoms with Gasteiger partial charge in [-0.1, -0.05) is 0 Å². The number of carboxylic acid groups (broad SMARTS) is 1. The Labute approximate surface area is 120 Å². The molecule has 0 aromatic carbocycles. The van der Waals surface area contributed by atoms with Gasteiger partial charge in [0.05, 0.1) is 5.54 Å². The van der Waals surface area contributed by atoms with Crippen molar-refractivity contribution < 1.29 is 14.7 Å². The number of hydrogen-bond acceptors (Lipinski definition) is 4. The topological polar surface area (TPSA) is 72.9 Å². The minimum atomic E-state index is -1.05. The Balaban J connectivity index is 2.18. The van der Waals surface area contributed by atoms with Gasteiger partial charge in [-0.15, -0.1) is 0 Å². The highest BCUT2D eigenvalue weighted by molar-refractivity contribution is 5.92. The maximum Gasteiger partial charge on any atom is 0.329 e. The molecule has 1 unspecified atom stereocenters. The lowest BCUT2D eigenvalue weighted by molar-refractivity contribution is -0.160. The van der Waals surface area contributed by atoms with Gasteiger partial charge in [-0.25, -0.2) is 4.79 Å². The van der Waals surface area contributed by atoms with Gasteiger partial charge < -0.3 is 15.3 Å². The molecule has 0 bridgehead atoms. The fourth-order valence-electron chi connectivity index (χ4n) is 3.20. The van der Waals surface area contributed by atoms with Crippen LogP contribution in [0.15, 0.2) is 0 Å². The van der Waals surface area contributed by atoms with Crippen LogP contribution >= 0.6 is 0 Å². The minimum Gasteiger partial charge on any atom is -0.480 e. The molecule has 1 amide bonds. The molecule has 0 spiro atoms. The number of aliphatic carboxylic acids is 1. The summed E-state index contributed by atoms with van der Waals surface area (Å²) >= 11 is 0. The second-order valence-electron chi connectivity index (χ2n) is 6.44. The van der Waals surface area contributed by atoms with Gasteiger partial charge in [0.2, 0.25) is 5.91 Å². The second kappa shape index (κ2) is 5.33. The molecule has 2 rings (SSSR count). The van der Waals surface area contributed by atoms with E-state index in [4.69, 9.17) is 0 Å². The van der Waals surface area contributed by atoms with Gasteiger partial charge in [0.25, 0.3) is 0 Å². The molecule has 0 aromatic rings. The van der Waals surface area contributed by atoms with E-state index >= 15 is 0 Å². The zero-order chi connectivity index (χ0) is 15.0. The number of nitrogens with one attached hydrogen (secondary N) is 1. The minimum absolute atomic E-state index is 0.0678. The predicted octanol–water partition coefficient (Wildman–Crippen LogP) is 0.136. The fraction of sp³-hybridized carbons (Fsp3) is 0.857. The summed E-state index contributed by atoms with van der Waals surface area (Å²) in [7, 11) is 0. The molecule has 6 heteroatoms. The van der Waals surface area contributed by atoms with Crippen LogP contribution in [0.4, 0.5) is 0 Å². The zero-order valence-corrected chi connectivity index (χ0v) is 12.6. The lowest BCUT2D eigenvalue weighted by Gasteiger charge is -2.44. The van der Waals surface area contributed by atoms with Crippen LogP contribution in [0.2, 0.25) is 0 Å². The molecule has 2 fully saturated rings. The van der Waals surface area contributed by atoms with Crippen LogP contribution in [0.5, 0.6) is 0 Å². The molecule has 114 valence electrons. The summed E-state index contributed by atoms with van der Waals surface area (Å²) in [5.74, 6) is -0.971. The first-order valence-electron chi connectivity index (χ1n) is 7.31. The first-order chi connectivity index (χ1) is 9.30. The van der Waals surface area contributed by atoms with Crippen molar-refractivity contribution in [3.8, 4) is 0 Å². The van der Waals surface area contributed by atoms with Gasteiger partial charge in [-0.2, -0.15) is 0 Å².